The molecule has 1 amide bonds. The molecule has 0 saturated heterocycles. The summed E-state index contributed by atoms with van der Waals surface area (Å²) in [6.45, 7) is 6.03. The van der Waals surface area contributed by atoms with Crippen LogP contribution in [0.15, 0.2) is 12.1 Å². The first-order chi connectivity index (χ1) is 9.54. The van der Waals surface area contributed by atoms with E-state index in [4.69, 9.17) is 22.2 Å². The van der Waals surface area contributed by atoms with Gasteiger partial charge >= 0.3 is 0 Å². The molecule has 0 aromatic carbocycles. The molecule has 1 aromatic rings. The van der Waals surface area contributed by atoms with Gasteiger partial charge in [-0.05, 0) is 24.5 Å². The quantitative estimate of drug-likeness (QED) is 0.387. The summed E-state index contributed by atoms with van der Waals surface area (Å²) in [6.07, 6.45) is 0.741. The Kier molecular flexibility index (Phi) is 7.28. The van der Waals surface area contributed by atoms with Crippen molar-refractivity contribution in [2.75, 3.05) is 25.2 Å². The largest absolute Gasteiger partial charge is 0.381 e. The molecule has 1 heterocycles. The number of hydrogen-bond donors (Lipinski definition) is 3. The van der Waals surface area contributed by atoms with Gasteiger partial charge in [-0.2, -0.15) is 0 Å². The molecule has 112 valence electrons. The number of nitrogens with two attached hydrogens (primary N) is 1. The molecule has 0 atom stereocenters. The molecule has 20 heavy (non-hydrogen) atoms. The lowest BCUT2D eigenvalue weighted by Gasteiger charge is -2.09. The molecule has 0 aliphatic carbocycles. The summed E-state index contributed by atoms with van der Waals surface area (Å²) in [5, 5.41) is 3.03. The highest BCUT2D eigenvalue weighted by atomic mass is 35.5. The first-order valence-electron chi connectivity index (χ1n) is 6.53. The standard InChI is InChI=1S/C13H21ClN4O2/c1-9(2)8-20-7-3-6-16-13(19)12-10(14)4-5-11(17-12)18-15/h4-5,9H,3,6-8,15H2,1-2H3,(H,16,19)(H,17,18). The SMILES string of the molecule is CC(C)COCCCNC(=O)c1nc(NN)ccc1Cl. The summed E-state index contributed by atoms with van der Waals surface area (Å²) < 4.78 is 5.42. The van der Waals surface area contributed by atoms with Crippen LogP contribution in [-0.4, -0.2) is 30.6 Å². The second-order valence-electron chi connectivity index (χ2n) is 4.75. The summed E-state index contributed by atoms with van der Waals surface area (Å²) >= 11 is 5.93. The van der Waals surface area contributed by atoms with E-state index in [1.165, 1.54) is 0 Å². The average Bonchev–Trinajstić information content (AvgIpc) is 2.42. The van der Waals surface area contributed by atoms with Crippen LogP contribution in [0.25, 0.3) is 0 Å². The summed E-state index contributed by atoms with van der Waals surface area (Å²) in [7, 11) is 0. The Morgan fingerprint density at radius 2 is 2.25 bits per heavy atom. The molecule has 7 heteroatoms. The van der Waals surface area contributed by atoms with Gasteiger partial charge in [-0.25, -0.2) is 10.8 Å². The highest BCUT2D eigenvalue weighted by Gasteiger charge is 2.12. The minimum Gasteiger partial charge on any atom is -0.381 e. The van der Waals surface area contributed by atoms with Crippen molar-refractivity contribution in [2.45, 2.75) is 20.3 Å². The number of amides is 1. The van der Waals surface area contributed by atoms with Crippen molar-refractivity contribution >= 4 is 23.3 Å². The van der Waals surface area contributed by atoms with Gasteiger partial charge in [0.1, 0.15) is 11.5 Å². The molecule has 6 nitrogen and oxygen atoms in total. The van der Waals surface area contributed by atoms with Crippen molar-refractivity contribution in [1.29, 1.82) is 0 Å². The number of nitrogen functional groups attached to an aromatic ring is 1. The fraction of sp³-hybridized carbons (Fsp3) is 0.538. The minimum atomic E-state index is -0.323. The van der Waals surface area contributed by atoms with Gasteiger partial charge in [0.05, 0.1) is 5.02 Å². The first-order valence-corrected chi connectivity index (χ1v) is 6.91. The Morgan fingerprint density at radius 1 is 1.50 bits per heavy atom. The van der Waals surface area contributed by atoms with Gasteiger partial charge < -0.3 is 15.5 Å². The summed E-state index contributed by atoms with van der Waals surface area (Å²) in [5.41, 5.74) is 2.53. The van der Waals surface area contributed by atoms with Crippen LogP contribution in [0.1, 0.15) is 30.8 Å². The number of carbonyl (C=O) groups is 1. The topological polar surface area (TPSA) is 89.3 Å². The normalized spacial score (nSPS) is 10.7. The zero-order valence-electron chi connectivity index (χ0n) is 11.8. The molecule has 1 aromatic heterocycles. The van der Waals surface area contributed by atoms with Crippen molar-refractivity contribution in [3.05, 3.63) is 22.8 Å². The predicted octanol–water partition coefficient (Wildman–Crippen LogP) is 1.81. The molecule has 0 fully saturated rings. The van der Waals surface area contributed by atoms with Crippen LogP contribution < -0.4 is 16.6 Å². The fourth-order valence-corrected chi connectivity index (χ4v) is 1.65. The number of nitrogens with zero attached hydrogens (tertiary/aromatic N) is 1. The van der Waals surface area contributed by atoms with E-state index in [1.54, 1.807) is 12.1 Å². The predicted molar refractivity (Wildman–Crippen MR) is 79.7 cm³/mol. The number of ether oxygens (including phenoxy) is 1. The Hall–Kier alpha value is -1.37. The maximum Gasteiger partial charge on any atom is 0.271 e. The van der Waals surface area contributed by atoms with Gasteiger partial charge in [0.25, 0.3) is 5.91 Å². The van der Waals surface area contributed by atoms with Crippen molar-refractivity contribution in [3.63, 3.8) is 0 Å². The third kappa shape index (κ3) is 5.73. The average molecular weight is 301 g/mol. The van der Waals surface area contributed by atoms with E-state index in [9.17, 15) is 4.79 Å². The molecule has 1 rings (SSSR count). The van der Waals surface area contributed by atoms with Gasteiger partial charge in [-0.3, -0.25) is 4.79 Å². The van der Waals surface area contributed by atoms with Crippen LogP contribution >= 0.6 is 11.6 Å². The van der Waals surface area contributed by atoms with Crippen molar-refractivity contribution in [3.8, 4) is 0 Å². The van der Waals surface area contributed by atoms with Crippen LogP contribution in [0, 0.1) is 5.92 Å². The van der Waals surface area contributed by atoms with E-state index in [0.29, 0.717) is 24.9 Å². The van der Waals surface area contributed by atoms with E-state index < -0.39 is 0 Å². The maximum atomic E-state index is 11.9. The summed E-state index contributed by atoms with van der Waals surface area (Å²) in [4.78, 5) is 15.9. The maximum absolute atomic E-state index is 11.9. The molecule has 0 unspecified atom stereocenters. The number of aromatic nitrogens is 1. The van der Waals surface area contributed by atoms with E-state index in [2.05, 4.69) is 29.6 Å². The van der Waals surface area contributed by atoms with Crippen LogP contribution in [0.4, 0.5) is 5.82 Å². The monoisotopic (exact) mass is 300 g/mol. The molecule has 0 spiro atoms. The smallest absolute Gasteiger partial charge is 0.271 e. The Labute approximate surface area is 124 Å². The number of halogens is 1. The van der Waals surface area contributed by atoms with Crippen LogP contribution in [0.5, 0.6) is 0 Å². The molecular formula is C13H21ClN4O2. The molecular weight excluding hydrogens is 280 g/mol. The zero-order chi connectivity index (χ0) is 15.0. The Morgan fingerprint density at radius 3 is 2.90 bits per heavy atom. The van der Waals surface area contributed by atoms with Crippen molar-refractivity contribution in [1.82, 2.24) is 10.3 Å². The van der Waals surface area contributed by atoms with Crippen LogP contribution in [0.3, 0.4) is 0 Å². The highest BCUT2D eigenvalue weighted by Crippen LogP contribution is 2.15. The van der Waals surface area contributed by atoms with E-state index in [0.717, 1.165) is 13.0 Å². The lowest BCUT2D eigenvalue weighted by Crippen LogP contribution is -2.27. The molecule has 0 aliphatic heterocycles. The lowest BCUT2D eigenvalue weighted by atomic mass is 10.2. The Balaban J connectivity index is 2.36. The van der Waals surface area contributed by atoms with E-state index in [1.807, 2.05) is 0 Å². The molecule has 4 N–H and O–H groups in total. The van der Waals surface area contributed by atoms with Crippen molar-refractivity contribution in [2.24, 2.45) is 11.8 Å². The minimum absolute atomic E-state index is 0.158. The first kappa shape index (κ1) is 16.7. The van der Waals surface area contributed by atoms with Gasteiger partial charge in [-0.1, -0.05) is 25.4 Å². The van der Waals surface area contributed by atoms with Gasteiger partial charge in [0.2, 0.25) is 0 Å². The molecule has 0 bridgehead atoms. The molecule has 0 saturated carbocycles. The lowest BCUT2D eigenvalue weighted by molar-refractivity contribution is 0.0921. The zero-order valence-corrected chi connectivity index (χ0v) is 12.5. The second-order valence-corrected chi connectivity index (χ2v) is 5.16. The second kappa shape index (κ2) is 8.73. The van der Waals surface area contributed by atoms with E-state index in [-0.39, 0.29) is 16.6 Å². The fourth-order valence-electron chi connectivity index (χ4n) is 1.46. The third-order valence-electron chi connectivity index (χ3n) is 2.41. The van der Waals surface area contributed by atoms with Gasteiger partial charge in [0.15, 0.2) is 0 Å². The third-order valence-corrected chi connectivity index (χ3v) is 2.72. The summed E-state index contributed by atoms with van der Waals surface area (Å²) in [6, 6.07) is 3.17. The van der Waals surface area contributed by atoms with Crippen LogP contribution in [-0.2, 0) is 4.74 Å². The summed E-state index contributed by atoms with van der Waals surface area (Å²) in [5.74, 6) is 5.82. The molecule has 0 radical (unpaired) electrons. The number of hydrogen-bond acceptors (Lipinski definition) is 5. The number of pyridine rings is 1. The number of nitrogens with one attached hydrogen (secondary N) is 2. The number of rotatable bonds is 8. The molecule has 0 aliphatic rings. The van der Waals surface area contributed by atoms with Crippen molar-refractivity contribution < 1.29 is 9.53 Å². The highest BCUT2D eigenvalue weighted by molar-refractivity contribution is 6.33. The van der Waals surface area contributed by atoms with Crippen LogP contribution in [0.2, 0.25) is 5.02 Å². The number of hydrazine groups is 1. The van der Waals surface area contributed by atoms with Gasteiger partial charge in [0, 0.05) is 19.8 Å². The van der Waals surface area contributed by atoms with E-state index >= 15 is 0 Å². The number of anilines is 1. The Bertz CT molecular complexity index is 440. The van der Waals surface area contributed by atoms with Gasteiger partial charge in [-0.15, -0.1) is 0 Å². The number of carbonyl (C=O) groups excluding carboxylic acids is 1.